The first-order valence-electron chi connectivity index (χ1n) is 18.7. The first kappa shape index (κ1) is 36.3. The van der Waals surface area contributed by atoms with Gasteiger partial charge in [-0.3, -0.25) is 9.59 Å². The predicted molar refractivity (Wildman–Crippen MR) is 197 cm³/mol. The molecule has 1 aliphatic carbocycles. The van der Waals surface area contributed by atoms with E-state index in [1.165, 1.54) is 7.11 Å². The fourth-order valence-corrected chi connectivity index (χ4v) is 8.07. The maximum Gasteiger partial charge on any atom is 0.407 e. The lowest BCUT2D eigenvalue weighted by molar-refractivity contribution is -0.145. The molecular formula is C40H48FN7O5. The van der Waals surface area contributed by atoms with E-state index in [1.807, 2.05) is 24.9 Å². The molecule has 2 aromatic carbocycles. The smallest absolute Gasteiger partial charge is 0.407 e. The van der Waals surface area contributed by atoms with Crippen molar-refractivity contribution in [2.75, 3.05) is 40.1 Å². The molecule has 2 saturated heterocycles. The highest BCUT2D eigenvalue weighted by Crippen LogP contribution is 2.41. The number of amides is 3. The number of ether oxygens (including phenoxy) is 2. The van der Waals surface area contributed by atoms with Crippen molar-refractivity contribution in [3.05, 3.63) is 72.6 Å². The van der Waals surface area contributed by atoms with Crippen LogP contribution in [0.5, 0.6) is 0 Å². The van der Waals surface area contributed by atoms with Crippen LogP contribution >= 0.6 is 0 Å². The summed E-state index contributed by atoms with van der Waals surface area (Å²) >= 11 is 0. The molecule has 0 bridgehead atoms. The van der Waals surface area contributed by atoms with Crippen LogP contribution < -0.4 is 5.32 Å². The van der Waals surface area contributed by atoms with E-state index in [-0.39, 0.29) is 42.2 Å². The number of aromatic amines is 2. The number of rotatable bonds is 10. The second-order valence-corrected chi connectivity index (χ2v) is 14.6. The van der Waals surface area contributed by atoms with Crippen LogP contribution in [-0.2, 0) is 19.1 Å². The van der Waals surface area contributed by atoms with Gasteiger partial charge in [-0.15, -0.1) is 0 Å². The van der Waals surface area contributed by atoms with Gasteiger partial charge in [-0.25, -0.2) is 19.2 Å². The topological polar surface area (TPSA) is 146 Å². The fraction of sp³-hybridized carbons (Fsp3) is 0.475. The van der Waals surface area contributed by atoms with Crippen molar-refractivity contribution in [1.82, 2.24) is 35.1 Å². The van der Waals surface area contributed by atoms with E-state index in [9.17, 15) is 18.8 Å². The van der Waals surface area contributed by atoms with Gasteiger partial charge in [-0.2, -0.15) is 0 Å². The number of hydrogen-bond donors (Lipinski definition) is 3. The van der Waals surface area contributed by atoms with Gasteiger partial charge in [0.05, 0.1) is 56.2 Å². The van der Waals surface area contributed by atoms with Gasteiger partial charge in [-0.05, 0) is 53.9 Å². The van der Waals surface area contributed by atoms with Gasteiger partial charge in [0.2, 0.25) is 11.8 Å². The Bertz CT molecular complexity index is 1890. The van der Waals surface area contributed by atoms with Crippen LogP contribution in [0.4, 0.5) is 9.18 Å². The zero-order valence-electron chi connectivity index (χ0n) is 30.5. The highest BCUT2D eigenvalue weighted by molar-refractivity contribution is 5.86. The molecule has 4 aromatic rings. The zero-order valence-corrected chi connectivity index (χ0v) is 30.5. The lowest BCUT2D eigenvalue weighted by atomic mass is 9.93. The molecule has 0 unspecified atom stereocenters. The molecule has 0 spiro atoms. The average molecular weight is 726 g/mol. The number of alkyl carbamates (subject to hydrolysis) is 1. The van der Waals surface area contributed by atoms with Gasteiger partial charge >= 0.3 is 6.09 Å². The minimum absolute atomic E-state index is 0.0123. The number of nitrogens with one attached hydrogen (secondary N) is 3. The average Bonchev–Trinajstić information content (AvgIpc) is 4.03. The number of benzene rings is 2. The Balaban J connectivity index is 0.997. The van der Waals surface area contributed by atoms with E-state index >= 15 is 0 Å². The Labute approximate surface area is 308 Å². The predicted octanol–water partition coefficient (Wildman–Crippen LogP) is 6.26. The molecule has 280 valence electrons. The largest absolute Gasteiger partial charge is 0.453 e. The standard InChI is InChI=1S/C40H48FN7O5/c1-24(2)35(46-40(51)52-3)39(50)48-17-5-8-34(48)37-43-22-33(45-37)28-15-11-26(12-16-28)25-9-13-27(14-10-25)32-21-42-36(44-32)30-6-4-7-31(30)38(49)47-18-19-53-23-29(47)20-41/h9-16,21-22,24,29-31,34-35H,4-8,17-20,23H2,1-3H3,(H,42,44)(H,43,45)(H,46,51)/t29-,30-,31-,34+,35-/m1/s1. The summed E-state index contributed by atoms with van der Waals surface area (Å²) in [6.45, 7) is 4.93. The number of alkyl halides is 1. The Morgan fingerprint density at radius 3 is 2.11 bits per heavy atom. The van der Waals surface area contributed by atoms with Gasteiger partial charge in [0, 0.05) is 24.9 Å². The molecular weight excluding hydrogens is 677 g/mol. The molecule has 3 fully saturated rings. The number of likely N-dealkylation sites (tertiary alicyclic amines) is 1. The third-order valence-electron chi connectivity index (χ3n) is 11.0. The third kappa shape index (κ3) is 7.57. The molecule has 0 radical (unpaired) electrons. The molecule has 4 heterocycles. The highest BCUT2D eigenvalue weighted by atomic mass is 19.1. The van der Waals surface area contributed by atoms with Gasteiger partial charge in [0.1, 0.15) is 24.4 Å². The van der Waals surface area contributed by atoms with Gasteiger partial charge < -0.3 is 34.6 Å². The van der Waals surface area contributed by atoms with E-state index < -0.39 is 24.9 Å². The number of methoxy groups -OCH3 is 1. The van der Waals surface area contributed by atoms with Crippen LogP contribution in [-0.4, -0.2) is 99.8 Å². The van der Waals surface area contributed by atoms with Crippen LogP contribution in [0.1, 0.15) is 69.6 Å². The van der Waals surface area contributed by atoms with E-state index in [0.717, 1.165) is 77.4 Å². The Kier molecular flexibility index (Phi) is 10.9. The monoisotopic (exact) mass is 725 g/mol. The number of nitrogens with zero attached hydrogens (tertiary/aromatic N) is 4. The number of imidazole rings is 2. The SMILES string of the molecule is COC(=O)N[C@@H](C(=O)N1CCC[C@H]1c1ncc(-c2ccc(-c3ccc(-c4cnc([C@@H]5CCC[C@H]5C(=O)N5CCOC[C@H]5CF)[nH]4)cc3)cc2)[nH]1)C(C)C. The first-order chi connectivity index (χ1) is 25.7. The van der Waals surface area contributed by atoms with Crippen molar-refractivity contribution in [2.24, 2.45) is 11.8 Å². The van der Waals surface area contributed by atoms with Crippen LogP contribution in [0.25, 0.3) is 33.6 Å². The minimum atomic E-state index is -0.683. The Hall–Kier alpha value is -5.04. The van der Waals surface area contributed by atoms with Crippen LogP contribution in [0, 0.1) is 11.8 Å². The van der Waals surface area contributed by atoms with Crippen molar-refractivity contribution in [3.63, 3.8) is 0 Å². The number of carbonyl (C=O) groups excluding carboxylic acids is 3. The molecule has 3 aliphatic rings. The molecule has 1 saturated carbocycles. The van der Waals surface area contributed by atoms with Crippen molar-refractivity contribution < 1.29 is 28.2 Å². The highest BCUT2D eigenvalue weighted by Gasteiger charge is 2.41. The van der Waals surface area contributed by atoms with Gasteiger partial charge in [-0.1, -0.05) is 68.8 Å². The molecule has 5 atom stereocenters. The van der Waals surface area contributed by atoms with Gasteiger partial charge in [0.25, 0.3) is 0 Å². The van der Waals surface area contributed by atoms with Crippen LogP contribution in [0.3, 0.4) is 0 Å². The molecule has 3 N–H and O–H groups in total. The molecule has 13 heteroatoms. The normalized spacial score (nSPS) is 22.3. The fourth-order valence-electron chi connectivity index (χ4n) is 8.07. The summed E-state index contributed by atoms with van der Waals surface area (Å²) in [5.41, 5.74) is 5.88. The second kappa shape index (κ2) is 15.9. The Morgan fingerprint density at radius 1 is 0.868 bits per heavy atom. The maximum atomic E-state index is 13.6. The second-order valence-electron chi connectivity index (χ2n) is 14.6. The van der Waals surface area contributed by atoms with E-state index in [1.54, 1.807) is 11.1 Å². The molecule has 53 heavy (non-hydrogen) atoms. The minimum Gasteiger partial charge on any atom is -0.453 e. The summed E-state index contributed by atoms with van der Waals surface area (Å²) in [5, 5.41) is 2.69. The molecule has 2 aromatic heterocycles. The molecule has 3 amide bonds. The summed E-state index contributed by atoms with van der Waals surface area (Å²) in [6.07, 6.45) is 7.24. The number of aromatic nitrogens is 4. The number of halogens is 1. The van der Waals surface area contributed by atoms with Crippen molar-refractivity contribution >= 4 is 17.9 Å². The summed E-state index contributed by atoms with van der Waals surface area (Å²) in [6, 6.07) is 15.2. The third-order valence-corrected chi connectivity index (χ3v) is 11.0. The Morgan fingerprint density at radius 2 is 1.49 bits per heavy atom. The first-order valence-corrected chi connectivity index (χ1v) is 18.7. The molecule has 2 aliphatic heterocycles. The van der Waals surface area contributed by atoms with Crippen molar-refractivity contribution in [3.8, 4) is 33.6 Å². The van der Waals surface area contributed by atoms with Crippen molar-refractivity contribution in [2.45, 2.75) is 70.0 Å². The quantitative estimate of drug-likeness (QED) is 0.175. The number of H-pyrrole nitrogens is 2. The van der Waals surface area contributed by atoms with Crippen molar-refractivity contribution in [1.29, 1.82) is 0 Å². The summed E-state index contributed by atoms with van der Waals surface area (Å²) in [5.74, 6) is 1.09. The van der Waals surface area contributed by atoms with Crippen LogP contribution in [0.2, 0.25) is 0 Å². The number of carbonyl (C=O) groups is 3. The lowest BCUT2D eigenvalue weighted by Crippen LogP contribution is -2.52. The van der Waals surface area contributed by atoms with E-state index in [2.05, 4.69) is 68.8 Å². The zero-order chi connectivity index (χ0) is 37.1. The lowest BCUT2D eigenvalue weighted by Gasteiger charge is -2.36. The maximum absolute atomic E-state index is 13.6. The summed E-state index contributed by atoms with van der Waals surface area (Å²) in [7, 11) is 1.29. The number of hydrogen-bond acceptors (Lipinski definition) is 7. The van der Waals surface area contributed by atoms with Gasteiger partial charge in [0.15, 0.2) is 0 Å². The summed E-state index contributed by atoms with van der Waals surface area (Å²) < 4.78 is 23.8. The van der Waals surface area contributed by atoms with E-state index in [4.69, 9.17) is 14.5 Å². The molecule has 12 nitrogen and oxygen atoms in total. The molecule has 7 rings (SSSR count). The number of morpholine rings is 1. The van der Waals surface area contributed by atoms with Crippen LogP contribution in [0.15, 0.2) is 60.9 Å². The summed E-state index contributed by atoms with van der Waals surface area (Å²) in [4.78, 5) is 58.7. The van der Waals surface area contributed by atoms with E-state index in [0.29, 0.717) is 19.7 Å².